The summed E-state index contributed by atoms with van der Waals surface area (Å²) in [6, 6.07) is 6.69. The summed E-state index contributed by atoms with van der Waals surface area (Å²) >= 11 is 0. The third kappa shape index (κ3) is 3.32. The van der Waals surface area contributed by atoms with Crippen molar-refractivity contribution in [2.24, 2.45) is 4.99 Å². The zero-order valence-electron chi connectivity index (χ0n) is 10.3. The van der Waals surface area contributed by atoms with Gasteiger partial charge in [-0.15, -0.1) is 0 Å². The van der Waals surface area contributed by atoms with Crippen LogP contribution >= 0.6 is 0 Å². The highest BCUT2D eigenvalue weighted by molar-refractivity contribution is 5.73. The molecule has 96 valence electrons. The topological polar surface area (TPSA) is 12.4 Å². The summed E-state index contributed by atoms with van der Waals surface area (Å²) in [4.78, 5) is 3.53. The average molecular weight is 253 g/mol. The van der Waals surface area contributed by atoms with Gasteiger partial charge in [0.15, 0.2) is 0 Å². The van der Waals surface area contributed by atoms with Crippen LogP contribution in [0.25, 0.3) is 5.70 Å². The van der Waals surface area contributed by atoms with Crippen molar-refractivity contribution in [3.8, 4) is 0 Å². The Kier molecular flexibility index (Phi) is 4.48. The fourth-order valence-electron chi connectivity index (χ4n) is 1.52. The van der Waals surface area contributed by atoms with Crippen molar-refractivity contribution in [3.05, 3.63) is 53.1 Å². The van der Waals surface area contributed by atoms with E-state index in [0.29, 0.717) is 5.56 Å². The predicted octanol–water partition coefficient (Wildman–Crippen LogP) is 4.55. The molecule has 1 aromatic rings. The molecule has 0 aromatic heterocycles. The first-order valence-corrected chi connectivity index (χ1v) is 5.38. The number of hydrogen-bond acceptors (Lipinski definition) is 1. The van der Waals surface area contributed by atoms with Gasteiger partial charge in [-0.1, -0.05) is 42.0 Å². The summed E-state index contributed by atoms with van der Waals surface area (Å²) < 4.78 is 38.7. The first-order chi connectivity index (χ1) is 8.40. The maximum atomic E-state index is 12.9. The Morgan fingerprint density at radius 3 is 2.17 bits per heavy atom. The van der Waals surface area contributed by atoms with Crippen LogP contribution in [0.3, 0.4) is 0 Å². The highest BCUT2D eigenvalue weighted by Crippen LogP contribution is 2.34. The number of hydrogen-bond donors (Lipinski definition) is 0. The molecule has 0 heterocycles. The Morgan fingerprint density at radius 2 is 1.78 bits per heavy atom. The maximum absolute atomic E-state index is 12.9. The van der Waals surface area contributed by atoms with Crippen LogP contribution in [0, 0.1) is 6.92 Å². The molecule has 0 bridgehead atoms. The van der Waals surface area contributed by atoms with Crippen LogP contribution < -0.4 is 0 Å². The summed E-state index contributed by atoms with van der Waals surface area (Å²) in [5.74, 6) is 0. The second-order valence-electron chi connectivity index (χ2n) is 3.78. The molecule has 0 saturated carbocycles. The van der Waals surface area contributed by atoms with E-state index >= 15 is 0 Å². The van der Waals surface area contributed by atoms with E-state index < -0.39 is 11.7 Å². The maximum Gasteiger partial charge on any atom is 0.418 e. The fraction of sp³-hybridized carbons (Fsp3) is 0.214. The molecular formula is C14H14F3N. The number of alkyl halides is 3. The van der Waals surface area contributed by atoms with Gasteiger partial charge in [-0.3, -0.25) is 4.99 Å². The standard InChI is InChI=1S/C14H14F3N/c1-4-5-12(14(15,16)17)13(18-3)11-8-6-10(2)7-9-11/h4-9H,3H2,1-2H3/b5-4-,13-12+. The number of halogens is 3. The quantitative estimate of drug-likeness (QED) is 0.553. The van der Waals surface area contributed by atoms with Crippen molar-refractivity contribution in [2.45, 2.75) is 20.0 Å². The third-order valence-corrected chi connectivity index (χ3v) is 2.38. The minimum Gasteiger partial charge on any atom is -0.263 e. The number of allylic oxidation sites excluding steroid dienone is 3. The molecular weight excluding hydrogens is 239 g/mol. The Bertz CT molecular complexity index is 479. The highest BCUT2D eigenvalue weighted by Gasteiger charge is 2.34. The van der Waals surface area contributed by atoms with Crippen molar-refractivity contribution >= 4 is 12.4 Å². The number of aliphatic imine (C=N–C) groups is 1. The van der Waals surface area contributed by atoms with Crippen LogP contribution in [0.1, 0.15) is 18.1 Å². The van der Waals surface area contributed by atoms with Gasteiger partial charge in [-0.2, -0.15) is 13.2 Å². The predicted molar refractivity (Wildman–Crippen MR) is 68.5 cm³/mol. The summed E-state index contributed by atoms with van der Waals surface area (Å²) in [5, 5.41) is 0. The van der Waals surface area contributed by atoms with Crippen LogP contribution in [-0.4, -0.2) is 12.9 Å². The lowest BCUT2D eigenvalue weighted by Gasteiger charge is -2.12. The molecule has 0 N–H and O–H groups in total. The third-order valence-electron chi connectivity index (χ3n) is 2.38. The van der Waals surface area contributed by atoms with E-state index in [1.165, 1.54) is 13.0 Å². The first kappa shape index (κ1) is 14.2. The summed E-state index contributed by atoms with van der Waals surface area (Å²) in [6.45, 7) is 6.63. The molecule has 0 saturated heterocycles. The van der Waals surface area contributed by atoms with E-state index in [9.17, 15) is 13.2 Å². The van der Waals surface area contributed by atoms with E-state index in [1.807, 2.05) is 6.92 Å². The first-order valence-electron chi connectivity index (χ1n) is 5.38. The van der Waals surface area contributed by atoms with Crippen molar-refractivity contribution < 1.29 is 13.2 Å². The van der Waals surface area contributed by atoms with Gasteiger partial charge in [0.1, 0.15) is 0 Å². The number of aryl methyl sites for hydroxylation is 1. The molecule has 0 amide bonds. The number of benzene rings is 1. The molecule has 1 aromatic carbocycles. The minimum atomic E-state index is -4.45. The summed E-state index contributed by atoms with van der Waals surface area (Å²) in [5.41, 5.74) is 0.437. The molecule has 4 heteroatoms. The normalized spacial score (nSPS) is 13.6. The lowest BCUT2D eigenvalue weighted by Crippen LogP contribution is -2.12. The molecule has 0 aliphatic heterocycles. The smallest absolute Gasteiger partial charge is 0.263 e. The molecule has 1 rings (SSSR count). The largest absolute Gasteiger partial charge is 0.418 e. The van der Waals surface area contributed by atoms with Crippen LogP contribution in [0.2, 0.25) is 0 Å². The van der Waals surface area contributed by atoms with E-state index in [0.717, 1.165) is 11.6 Å². The van der Waals surface area contributed by atoms with Crippen molar-refractivity contribution in [1.82, 2.24) is 0 Å². The monoisotopic (exact) mass is 253 g/mol. The van der Waals surface area contributed by atoms with Crippen LogP contribution in [0.4, 0.5) is 13.2 Å². The Morgan fingerprint density at radius 1 is 1.22 bits per heavy atom. The molecule has 18 heavy (non-hydrogen) atoms. The van der Waals surface area contributed by atoms with Crippen molar-refractivity contribution in [2.75, 3.05) is 0 Å². The summed E-state index contributed by atoms with van der Waals surface area (Å²) in [6.07, 6.45) is -2.11. The van der Waals surface area contributed by atoms with Crippen LogP contribution in [-0.2, 0) is 0 Å². The minimum absolute atomic E-state index is 0.152. The van der Waals surface area contributed by atoms with Gasteiger partial charge in [0.2, 0.25) is 0 Å². The van der Waals surface area contributed by atoms with Gasteiger partial charge in [0, 0.05) is 5.56 Å². The number of nitrogens with zero attached hydrogens (tertiary/aromatic N) is 1. The fourth-order valence-corrected chi connectivity index (χ4v) is 1.52. The van der Waals surface area contributed by atoms with Gasteiger partial charge < -0.3 is 0 Å². The average Bonchev–Trinajstić information content (AvgIpc) is 2.30. The van der Waals surface area contributed by atoms with Gasteiger partial charge >= 0.3 is 6.18 Å². The zero-order chi connectivity index (χ0) is 13.8. The SMILES string of the molecule is C=N/C(=C(\C=C/C)C(F)(F)F)c1ccc(C)cc1. The second-order valence-corrected chi connectivity index (χ2v) is 3.78. The molecule has 0 aliphatic rings. The Hall–Kier alpha value is -1.84. The van der Waals surface area contributed by atoms with Crippen molar-refractivity contribution in [3.63, 3.8) is 0 Å². The van der Waals surface area contributed by atoms with E-state index in [-0.39, 0.29) is 5.70 Å². The lowest BCUT2D eigenvalue weighted by atomic mass is 10.0. The second kappa shape index (κ2) is 5.67. The molecule has 0 fully saturated rings. The van der Waals surface area contributed by atoms with Gasteiger partial charge in [-0.25, -0.2) is 0 Å². The molecule has 0 spiro atoms. The Balaban J connectivity index is 3.44. The molecule has 0 aliphatic carbocycles. The van der Waals surface area contributed by atoms with Crippen molar-refractivity contribution in [1.29, 1.82) is 0 Å². The molecule has 0 unspecified atom stereocenters. The van der Waals surface area contributed by atoms with E-state index in [1.54, 1.807) is 24.3 Å². The molecule has 1 nitrogen and oxygen atoms in total. The Labute approximate surface area is 104 Å². The van der Waals surface area contributed by atoms with Gasteiger partial charge in [0.25, 0.3) is 0 Å². The van der Waals surface area contributed by atoms with E-state index in [2.05, 4.69) is 11.7 Å². The van der Waals surface area contributed by atoms with Crippen LogP contribution in [0.15, 0.2) is 47.0 Å². The van der Waals surface area contributed by atoms with Gasteiger partial charge in [-0.05, 0) is 20.6 Å². The van der Waals surface area contributed by atoms with Crippen LogP contribution in [0.5, 0.6) is 0 Å². The zero-order valence-corrected chi connectivity index (χ0v) is 10.3. The van der Waals surface area contributed by atoms with Gasteiger partial charge in [0.05, 0.1) is 11.3 Å². The molecule has 0 radical (unpaired) electrons. The molecule has 0 atom stereocenters. The highest BCUT2D eigenvalue weighted by atomic mass is 19.4. The van der Waals surface area contributed by atoms with E-state index in [4.69, 9.17) is 0 Å². The lowest BCUT2D eigenvalue weighted by molar-refractivity contribution is -0.0877. The number of rotatable bonds is 3. The summed E-state index contributed by atoms with van der Waals surface area (Å²) in [7, 11) is 0.